The van der Waals surface area contributed by atoms with E-state index in [1.54, 1.807) is 17.0 Å². The second kappa shape index (κ2) is 8.58. The van der Waals surface area contributed by atoms with Gasteiger partial charge in [-0.3, -0.25) is 14.5 Å². The van der Waals surface area contributed by atoms with Gasteiger partial charge in [0.1, 0.15) is 5.75 Å². The molecule has 0 atom stereocenters. The minimum absolute atomic E-state index is 0.0272. The maximum atomic E-state index is 12.4. The molecule has 1 aromatic carbocycles. The number of carbonyl (C=O) groups excluding carboxylic acids is 2. The molecule has 0 aromatic heterocycles. The van der Waals surface area contributed by atoms with Crippen molar-refractivity contribution in [1.29, 1.82) is 0 Å². The molecule has 1 fully saturated rings. The number of halogens is 2. The summed E-state index contributed by atoms with van der Waals surface area (Å²) in [5.74, 6) is -0.351. The van der Waals surface area contributed by atoms with Crippen molar-refractivity contribution in [3.05, 3.63) is 24.3 Å². The number of para-hydroxylation sites is 2. The van der Waals surface area contributed by atoms with E-state index >= 15 is 0 Å². The maximum absolute atomic E-state index is 12.4. The summed E-state index contributed by atoms with van der Waals surface area (Å²) in [5.41, 5.74) is 0.211. The van der Waals surface area contributed by atoms with Crippen LogP contribution >= 0.6 is 0 Å². The summed E-state index contributed by atoms with van der Waals surface area (Å²) in [6.07, 6.45) is 0.790. The Bertz CT molecular complexity index is 583. The third kappa shape index (κ3) is 5.45. The molecule has 1 aliphatic rings. The van der Waals surface area contributed by atoms with E-state index in [2.05, 4.69) is 10.1 Å². The third-order valence-electron chi connectivity index (χ3n) is 3.78. The summed E-state index contributed by atoms with van der Waals surface area (Å²) in [5, 5.41) is 2.60. The second-order valence-corrected chi connectivity index (χ2v) is 5.56. The molecule has 2 rings (SSSR count). The van der Waals surface area contributed by atoms with Gasteiger partial charge in [-0.05, 0) is 18.6 Å². The fourth-order valence-electron chi connectivity index (χ4n) is 2.61. The molecule has 0 radical (unpaired) electrons. The van der Waals surface area contributed by atoms with Gasteiger partial charge in [0.15, 0.2) is 0 Å². The Hall–Kier alpha value is -2.22. The van der Waals surface area contributed by atoms with Crippen LogP contribution in [0.15, 0.2) is 24.3 Å². The Morgan fingerprint density at radius 2 is 1.96 bits per heavy atom. The van der Waals surface area contributed by atoms with Gasteiger partial charge in [-0.2, -0.15) is 8.78 Å². The van der Waals surface area contributed by atoms with Crippen molar-refractivity contribution in [3.63, 3.8) is 0 Å². The molecular weight excluding hydrogens is 320 g/mol. The summed E-state index contributed by atoms with van der Waals surface area (Å²) in [7, 11) is 0. The quantitative estimate of drug-likeness (QED) is 0.887. The van der Waals surface area contributed by atoms with E-state index in [9.17, 15) is 18.4 Å². The molecule has 0 unspecified atom stereocenters. The van der Waals surface area contributed by atoms with Gasteiger partial charge in [0, 0.05) is 33.1 Å². The number of amides is 2. The van der Waals surface area contributed by atoms with Gasteiger partial charge in [0.2, 0.25) is 11.8 Å². The summed E-state index contributed by atoms with van der Waals surface area (Å²) in [6.45, 7) is 1.27. The predicted molar refractivity (Wildman–Crippen MR) is 85.0 cm³/mol. The number of carbonyl (C=O) groups is 2. The molecule has 0 bridgehead atoms. The highest BCUT2D eigenvalue weighted by atomic mass is 19.3. The Labute approximate surface area is 139 Å². The molecule has 0 spiro atoms. The zero-order valence-electron chi connectivity index (χ0n) is 13.5. The number of ether oxygens (including phenoxy) is 1. The van der Waals surface area contributed by atoms with E-state index < -0.39 is 6.61 Å². The van der Waals surface area contributed by atoms with Crippen LogP contribution in [-0.2, 0) is 9.59 Å². The van der Waals surface area contributed by atoms with E-state index in [0.717, 1.165) is 6.42 Å². The van der Waals surface area contributed by atoms with Gasteiger partial charge >= 0.3 is 6.61 Å². The number of nitrogens with one attached hydrogen (secondary N) is 1. The molecule has 6 nitrogen and oxygen atoms in total. The zero-order valence-corrected chi connectivity index (χ0v) is 13.5. The highest BCUT2D eigenvalue weighted by Crippen LogP contribution is 2.25. The number of benzene rings is 1. The Balaban J connectivity index is 1.90. The lowest BCUT2D eigenvalue weighted by atomic mass is 10.3. The lowest BCUT2D eigenvalue weighted by Crippen LogP contribution is -2.37. The first-order valence-corrected chi connectivity index (χ1v) is 7.77. The van der Waals surface area contributed by atoms with Crippen LogP contribution in [0.25, 0.3) is 0 Å². The van der Waals surface area contributed by atoms with Gasteiger partial charge in [0.25, 0.3) is 0 Å². The van der Waals surface area contributed by atoms with Gasteiger partial charge in [-0.25, -0.2) is 0 Å². The van der Waals surface area contributed by atoms with Crippen LogP contribution < -0.4 is 10.1 Å². The largest absolute Gasteiger partial charge is 0.433 e. The lowest BCUT2D eigenvalue weighted by molar-refractivity contribution is -0.128. The molecule has 1 heterocycles. The fraction of sp³-hybridized carbons (Fsp3) is 0.500. The molecule has 2 amide bonds. The minimum Gasteiger partial charge on any atom is -0.433 e. The van der Waals surface area contributed by atoms with E-state index in [1.807, 2.05) is 4.90 Å². The molecule has 24 heavy (non-hydrogen) atoms. The van der Waals surface area contributed by atoms with E-state index in [-0.39, 0.29) is 29.8 Å². The number of rotatable bonds is 5. The first-order valence-electron chi connectivity index (χ1n) is 7.77. The highest BCUT2D eigenvalue weighted by Gasteiger charge is 2.19. The average molecular weight is 341 g/mol. The van der Waals surface area contributed by atoms with Gasteiger partial charge < -0.3 is 15.0 Å². The zero-order chi connectivity index (χ0) is 17.5. The Kier molecular flexibility index (Phi) is 6.48. The summed E-state index contributed by atoms with van der Waals surface area (Å²) in [4.78, 5) is 27.3. The number of alkyl halides is 2. The van der Waals surface area contributed by atoms with Crippen molar-refractivity contribution < 1.29 is 23.1 Å². The van der Waals surface area contributed by atoms with Crippen molar-refractivity contribution in [2.24, 2.45) is 0 Å². The van der Waals surface area contributed by atoms with Crippen LogP contribution in [0.1, 0.15) is 13.3 Å². The minimum atomic E-state index is -2.95. The molecule has 1 aromatic rings. The molecule has 1 aliphatic heterocycles. The number of hydrogen-bond donors (Lipinski definition) is 1. The normalized spacial score (nSPS) is 15.9. The molecule has 1 N–H and O–H groups in total. The van der Waals surface area contributed by atoms with Crippen molar-refractivity contribution >= 4 is 17.5 Å². The highest BCUT2D eigenvalue weighted by molar-refractivity contribution is 5.93. The van der Waals surface area contributed by atoms with Crippen LogP contribution in [0.2, 0.25) is 0 Å². The fourth-order valence-corrected chi connectivity index (χ4v) is 2.61. The lowest BCUT2D eigenvalue weighted by Gasteiger charge is -2.21. The molecule has 0 aliphatic carbocycles. The van der Waals surface area contributed by atoms with Gasteiger partial charge in [0.05, 0.1) is 12.2 Å². The Morgan fingerprint density at radius 3 is 2.67 bits per heavy atom. The maximum Gasteiger partial charge on any atom is 0.387 e. The summed E-state index contributed by atoms with van der Waals surface area (Å²) >= 11 is 0. The number of anilines is 1. The van der Waals surface area contributed by atoms with Crippen LogP contribution in [0.3, 0.4) is 0 Å². The van der Waals surface area contributed by atoms with Crippen LogP contribution in [0, 0.1) is 0 Å². The first-order chi connectivity index (χ1) is 11.5. The number of hydrogen-bond acceptors (Lipinski definition) is 4. The van der Waals surface area contributed by atoms with Crippen molar-refractivity contribution in [3.8, 4) is 5.75 Å². The molecule has 1 saturated heterocycles. The molecule has 8 heteroatoms. The Morgan fingerprint density at radius 1 is 1.21 bits per heavy atom. The topological polar surface area (TPSA) is 61.9 Å². The van der Waals surface area contributed by atoms with Crippen LogP contribution in [0.5, 0.6) is 5.75 Å². The van der Waals surface area contributed by atoms with Crippen molar-refractivity contribution in [2.75, 3.05) is 38.0 Å². The van der Waals surface area contributed by atoms with Crippen molar-refractivity contribution in [2.45, 2.75) is 20.0 Å². The van der Waals surface area contributed by atoms with Crippen LogP contribution in [0.4, 0.5) is 14.5 Å². The predicted octanol–water partition coefficient (Wildman–Crippen LogP) is 1.78. The summed E-state index contributed by atoms with van der Waals surface area (Å²) in [6, 6.07) is 6.07. The van der Waals surface area contributed by atoms with E-state index in [4.69, 9.17) is 0 Å². The molecule has 0 saturated carbocycles. The monoisotopic (exact) mass is 341 g/mol. The van der Waals surface area contributed by atoms with E-state index in [1.165, 1.54) is 19.1 Å². The van der Waals surface area contributed by atoms with E-state index in [0.29, 0.717) is 26.2 Å². The first kappa shape index (κ1) is 18.1. The second-order valence-electron chi connectivity index (χ2n) is 5.56. The smallest absolute Gasteiger partial charge is 0.387 e. The average Bonchev–Trinajstić information content (AvgIpc) is 2.74. The standard InChI is InChI=1S/C16H21F2N3O3/c1-12(22)21-8-4-7-20(9-10-21)11-15(23)19-13-5-2-3-6-14(13)24-16(17)18/h2-3,5-6,16H,4,7-11H2,1H3,(H,19,23). The van der Waals surface area contributed by atoms with Crippen molar-refractivity contribution in [1.82, 2.24) is 9.80 Å². The summed E-state index contributed by atoms with van der Waals surface area (Å²) < 4.78 is 29.2. The molecular formula is C16H21F2N3O3. The number of nitrogens with zero attached hydrogens (tertiary/aromatic N) is 2. The van der Waals surface area contributed by atoms with Gasteiger partial charge in [-0.1, -0.05) is 12.1 Å². The van der Waals surface area contributed by atoms with Crippen LogP contribution in [-0.4, -0.2) is 60.9 Å². The SMILES string of the molecule is CC(=O)N1CCCN(CC(=O)Nc2ccccc2OC(F)F)CC1. The van der Waals surface area contributed by atoms with Gasteiger partial charge in [-0.15, -0.1) is 0 Å². The molecule has 132 valence electrons. The third-order valence-corrected chi connectivity index (χ3v) is 3.78.